The topological polar surface area (TPSA) is 66.4 Å². The average molecular weight is 309 g/mol. The number of benzene rings is 1. The highest BCUT2D eigenvalue weighted by molar-refractivity contribution is 8.00. The third-order valence-corrected chi connectivity index (χ3v) is 4.11. The molecule has 2 N–H and O–H groups in total. The normalized spacial score (nSPS) is 12.2. The molecular weight excluding hydrogens is 286 g/mol. The van der Waals surface area contributed by atoms with Crippen LogP contribution in [0.4, 0.5) is 0 Å². The van der Waals surface area contributed by atoms with Crippen LogP contribution in [-0.2, 0) is 16.0 Å². The number of amides is 1. The van der Waals surface area contributed by atoms with E-state index in [2.05, 4.69) is 38.2 Å². The standard InChI is InChI=1S/C16H23NO3S/c1-4-12-5-7-13(8-6-12)16(11(2)3)17-14(18)9-21-10-15(19)20/h5-8,11,16H,4,9-10H2,1-3H3,(H,17,18)(H,19,20). The zero-order valence-electron chi connectivity index (χ0n) is 12.8. The second kappa shape index (κ2) is 8.72. The highest BCUT2D eigenvalue weighted by atomic mass is 32.2. The Morgan fingerprint density at radius 1 is 1.19 bits per heavy atom. The zero-order chi connectivity index (χ0) is 15.8. The van der Waals surface area contributed by atoms with Crippen molar-refractivity contribution in [2.24, 2.45) is 5.92 Å². The Morgan fingerprint density at radius 2 is 1.81 bits per heavy atom. The number of carbonyl (C=O) groups is 2. The van der Waals surface area contributed by atoms with E-state index in [1.54, 1.807) is 0 Å². The van der Waals surface area contributed by atoms with Gasteiger partial charge in [-0.15, -0.1) is 11.8 Å². The minimum atomic E-state index is -0.900. The van der Waals surface area contributed by atoms with E-state index in [9.17, 15) is 9.59 Å². The molecule has 0 radical (unpaired) electrons. The Morgan fingerprint density at radius 3 is 2.29 bits per heavy atom. The van der Waals surface area contributed by atoms with Gasteiger partial charge in [-0.05, 0) is 23.5 Å². The van der Waals surface area contributed by atoms with Crippen molar-refractivity contribution in [1.29, 1.82) is 0 Å². The van der Waals surface area contributed by atoms with Crippen molar-refractivity contribution in [1.82, 2.24) is 5.32 Å². The van der Waals surface area contributed by atoms with Crippen LogP contribution in [-0.4, -0.2) is 28.5 Å². The molecule has 0 saturated carbocycles. The molecule has 5 heteroatoms. The fourth-order valence-electron chi connectivity index (χ4n) is 2.04. The predicted octanol–water partition coefficient (Wildman–Crippen LogP) is 2.88. The summed E-state index contributed by atoms with van der Waals surface area (Å²) >= 11 is 1.11. The molecule has 1 unspecified atom stereocenters. The molecule has 1 aromatic carbocycles. The molecule has 116 valence electrons. The van der Waals surface area contributed by atoms with Crippen LogP contribution in [0, 0.1) is 5.92 Å². The smallest absolute Gasteiger partial charge is 0.313 e. The largest absolute Gasteiger partial charge is 0.481 e. The first-order valence-electron chi connectivity index (χ1n) is 7.11. The van der Waals surface area contributed by atoms with Crippen LogP contribution in [0.15, 0.2) is 24.3 Å². The summed E-state index contributed by atoms with van der Waals surface area (Å²) in [5.74, 6) is -0.637. The monoisotopic (exact) mass is 309 g/mol. The summed E-state index contributed by atoms with van der Waals surface area (Å²) < 4.78 is 0. The van der Waals surface area contributed by atoms with Crippen LogP contribution in [0.2, 0.25) is 0 Å². The SMILES string of the molecule is CCc1ccc(C(NC(=O)CSCC(=O)O)C(C)C)cc1. The molecule has 0 aliphatic rings. The van der Waals surface area contributed by atoms with Gasteiger partial charge in [0.1, 0.15) is 0 Å². The maximum atomic E-state index is 11.9. The van der Waals surface area contributed by atoms with E-state index in [1.807, 2.05) is 12.1 Å². The first-order valence-corrected chi connectivity index (χ1v) is 8.27. The molecule has 1 atom stereocenters. The Bertz CT molecular complexity index is 471. The summed E-state index contributed by atoms with van der Waals surface area (Å²) in [5.41, 5.74) is 2.35. The summed E-state index contributed by atoms with van der Waals surface area (Å²) in [6, 6.07) is 8.21. The van der Waals surface area contributed by atoms with Crippen LogP contribution >= 0.6 is 11.8 Å². The summed E-state index contributed by atoms with van der Waals surface area (Å²) in [4.78, 5) is 22.4. The highest BCUT2D eigenvalue weighted by Crippen LogP contribution is 2.22. The van der Waals surface area contributed by atoms with E-state index in [1.165, 1.54) is 5.56 Å². The maximum Gasteiger partial charge on any atom is 0.313 e. The number of hydrogen-bond acceptors (Lipinski definition) is 3. The highest BCUT2D eigenvalue weighted by Gasteiger charge is 2.18. The number of carboxylic acids is 1. The minimum Gasteiger partial charge on any atom is -0.481 e. The van der Waals surface area contributed by atoms with Crippen LogP contribution in [0.25, 0.3) is 0 Å². The molecule has 0 spiro atoms. The number of carbonyl (C=O) groups excluding carboxylic acids is 1. The second-order valence-electron chi connectivity index (χ2n) is 5.27. The predicted molar refractivity (Wildman–Crippen MR) is 86.5 cm³/mol. The first-order chi connectivity index (χ1) is 9.93. The minimum absolute atomic E-state index is 0.0474. The number of aryl methyl sites for hydroxylation is 1. The van der Waals surface area contributed by atoms with Crippen molar-refractivity contribution in [2.45, 2.75) is 33.2 Å². The molecule has 0 aliphatic heterocycles. The molecule has 0 aromatic heterocycles. The number of thioether (sulfide) groups is 1. The van der Waals surface area contributed by atoms with Crippen molar-refractivity contribution < 1.29 is 14.7 Å². The Kier molecular flexibility index (Phi) is 7.29. The van der Waals surface area contributed by atoms with Gasteiger partial charge in [0.25, 0.3) is 0 Å². The van der Waals surface area contributed by atoms with Gasteiger partial charge >= 0.3 is 5.97 Å². The number of hydrogen-bond donors (Lipinski definition) is 2. The quantitative estimate of drug-likeness (QED) is 0.775. The fourth-order valence-corrected chi connectivity index (χ4v) is 2.59. The van der Waals surface area contributed by atoms with Gasteiger partial charge in [-0.25, -0.2) is 0 Å². The summed E-state index contributed by atoms with van der Waals surface area (Å²) in [6.45, 7) is 6.22. The third kappa shape index (κ3) is 6.21. The van der Waals surface area contributed by atoms with Crippen molar-refractivity contribution in [3.8, 4) is 0 Å². The number of aliphatic carboxylic acids is 1. The van der Waals surface area contributed by atoms with Crippen LogP contribution in [0.1, 0.15) is 37.9 Å². The third-order valence-electron chi connectivity index (χ3n) is 3.19. The van der Waals surface area contributed by atoms with Gasteiger partial charge in [0.2, 0.25) is 5.91 Å². The molecule has 4 nitrogen and oxygen atoms in total. The number of rotatable bonds is 8. The molecular formula is C16H23NO3S. The Labute approximate surface area is 130 Å². The van der Waals surface area contributed by atoms with E-state index in [0.717, 1.165) is 23.7 Å². The molecule has 0 saturated heterocycles. The summed E-state index contributed by atoms with van der Waals surface area (Å²) in [5, 5.41) is 11.6. The maximum absolute atomic E-state index is 11.9. The van der Waals surface area contributed by atoms with Gasteiger partial charge in [0, 0.05) is 0 Å². The van der Waals surface area contributed by atoms with E-state index in [4.69, 9.17) is 5.11 Å². The van der Waals surface area contributed by atoms with Crippen LogP contribution in [0.5, 0.6) is 0 Å². The first kappa shape index (κ1) is 17.6. The van der Waals surface area contributed by atoms with Crippen LogP contribution < -0.4 is 5.32 Å². The lowest BCUT2D eigenvalue weighted by molar-refractivity contribution is -0.133. The van der Waals surface area contributed by atoms with Gasteiger partial charge in [-0.1, -0.05) is 45.0 Å². The van der Waals surface area contributed by atoms with E-state index in [-0.39, 0.29) is 29.4 Å². The zero-order valence-corrected chi connectivity index (χ0v) is 13.6. The average Bonchev–Trinajstić information content (AvgIpc) is 2.44. The van der Waals surface area contributed by atoms with E-state index < -0.39 is 5.97 Å². The molecule has 1 aromatic rings. The Balaban J connectivity index is 2.64. The van der Waals surface area contributed by atoms with Gasteiger partial charge in [0.15, 0.2) is 0 Å². The van der Waals surface area contributed by atoms with Crippen molar-refractivity contribution in [3.05, 3.63) is 35.4 Å². The van der Waals surface area contributed by atoms with Gasteiger partial charge in [-0.3, -0.25) is 9.59 Å². The second-order valence-corrected chi connectivity index (χ2v) is 6.26. The van der Waals surface area contributed by atoms with Gasteiger partial charge in [0.05, 0.1) is 17.5 Å². The summed E-state index contributed by atoms with van der Waals surface area (Å²) in [7, 11) is 0. The van der Waals surface area contributed by atoms with Crippen molar-refractivity contribution in [2.75, 3.05) is 11.5 Å². The molecule has 21 heavy (non-hydrogen) atoms. The molecule has 1 amide bonds. The molecule has 1 rings (SSSR count). The fraction of sp³-hybridized carbons (Fsp3) is 0.500. The lowest BCUT2D eigenvalue weighted by Crippen LogP contribution is -2.33. The van der Waals surface area contributed by atoms with Crippen molar-refractivity contribution in [3.63, 3.8) is 0 Å². The summed E-state index contributed by atoms with van der Waals surface area (Å²) in [6.07, 6.45) is 0.991. The van der Waals surface area contributed by atoms with Crippen LogP contribution in [0.3, 0.4) is 0 Å². The number of nitrogens with one attached hydrogen (secondary N) is 1. The molecule has 0 heterocycles. The van der Waals surface area contributed by atoms with Gasteiger partial charge < -0.3 is 10.4 Å². The van der Waals surface area contributed by atoms with E-state index >= 15 is 0 Å². The molecule has 0 fully saturated rings. The van der Waals surface area contributed by atoms with E-state index in [0.29, 0.717) is 0 Å². The number of carboxylic acid groups (broad SMARTS) is 1. The van der Waals surface area contributed by atoms with Crippen molar-refractivity contribution >= 4 is 23.6 Å². The lowest BCUT2D eigenvalue weighted by Gasteiger charge is -2.23. The Hall–Kier alpha value is -1.49. The molecule has 0 aliphatic carbocycles. The lowest BCUT2D eigenvalue weighted by atomic mass is 9.95. The van der Waals surface area contributed by atoms with Gasteiger partial charge in [-0.2, -0.15) is 0 Å². The molecule has 0 bridgehead atoms.